The van der Waals surface area contributed by atoms with Crippen LogP contribution < -0.4 is 0 Å². The molecule has 1 aromatic rings. The van der Waals surface area contributed by atoms with Gasteiger partial charge in [-0.1, -0.05) is 24.4 Å². The van der Waals surface area contributed by atoms with Crippen LogP contribution in [0.1, 0.15) is 25.7 Å². The Morgan fingerprint density at radius 2 is 1.95 bits per heavy atom. The van der Waals surface area contributed by atoms with Crippen LogP contribution in [-0.4, -0.2) is 55.8 Å². The van der Waals surface area contributed by atoms with Crippen molar-refractivity contribution in [1.82, 2.24) is 14.2 Å². The van der Waals surface area contributed by atoms with Gasteiger partial charge in [-0.05, 0) is 39.1 Å². The number of likely N-dealkylation sites (N-methyl/N-ethyl adjacent to an activating group) is 1. The molecule has 1 aliphatic carbocycles. The van der Waals surface area contributed by atoms with E-state index in [1.54, 1.807) is 10.4 Å². The standard InChI is InChI=1S/C14H22ClN3O2S/c1-17(2)10-11-18(12-6-3-4-7-12)21(19,20)13-8-5-9-16-14(13)15/h5,8-9,12H,3-4,6-7,10-11H2,1-2H3. The number of pyridine rings is 1. The molecule has 1 aliphatic rings. The molecule has 5 nitrogen and oxygen atoms in total. The molecule has 7 heteroatoms. The van der Waals surface area contributed by atoms with Gasteiger partial charge in [0.1, 0.15) is 10.0 Å². The van der Waals surface area contributed by atoms with Crippen molar-refractivity contribution in [1.29, 1.82) is 0 Å². The molecule has 1 fully saturated rings. The second kappa shape index (κ2) is 7.05. The average Bonchev–Trinajstić information content (AvgIpc) is 2.92. The maximum atomic E-state index is 12.9. The number of sulfonamides is 1. The Balaban J connectivity index is 2.32. The van der Waals surface area contributed by atoms with E-state index in [1.807, 2.05) is 19.0 Å². The maximum Gasteiger partial charge on any atom is 0.246 e. The molecule has 1 aromatic heterocycles. The molecule has 0 atom stereocenters. The van der Waals surface area contributed by atoms with Gasteiger partial charge in [0.2, 0.25) is 10.0 Å². The molecule has 0 bridgehead atoms. The van der Waals surface area contributed by atoms with Gasteiger partial charge < -0.3 is 4.90 Å². The zero-order valence-corrected chi connectivity index (χ0v) is 14.1. The quantitative estimate of drug-likeness (QED) is 0.750. The first kappa shape index (κ1) is 16.7. The first-order valence-electron chi connectivity index (χ1n) is 7.20. The number of aromatic nitrogens is 1. The van der Waals surface area contributed by atoms with E-state index in [2.05, 4.69) is 4.98 Å². The average molecular weight is 332 g/mol. The molecule has 0 aromatic carbocycles. The molecule has 0 radical (unpaired) electrons. The minimum Gasteiger partial charge on any atom is -0.308 e. The summed E-state index contributed by atoms with van der Waals surface area (Å²) in [5.41, 5.74) is 0. The Morgan fingerprint density at radius 3 is 2.52 bits per heavy atom. The Kier molecular flexibility index (Phi) is 5.60. The molecular formula is C14H22ClN3O2S. The van der Waals surface area contributed by atoms with E-state index in [0.717, 1.165) is 25.7 Å². The Bertz CT molecular complexity index is 571. The summed E-state index contributed by atoms with van der Waals surface area (Å²) >= 11 is 5.99. The second-order valence-corrected chi connectivity index (χ2v) is 7.87. The predicted molar refractivity (Wildman–Crippen MR) is 83.9 cm³/mol. The van der Waals surface area contributed by atoms with Gasteiger partial charge in [0.05, 0.1) is 0 Å². The van der Waals surface area contributed by atoms with Gasteiger partial charge in [0.15, 0.2) is 0 Å². The lowest BCUT2D eigenvalue weighted by molar-refractivity contribution is 0.282. The number of hydrogen-bond donors (Lipinski definition) is 0. The molecule has 0 unspecified atom stereocenters. The van der Waals surface area contributed by atoms with Crippen LogP contribution in [0.2, 0.25) is 5.15 Å². The molecule has 118 valence electrons. The molecule has 0 aliphatic heterocycles. The fourth-order valence-electron chi connectivity index (χ4n) is 2.68. The van der Waals surface area contributed by atoms with Crippen LogP contribution in [0, 0.1) is 0 Å². The highest BCUT2D eigenvalue weighted by Crippen LogP contribution is 2.30. The molecule has 1 saturated carbocycles. The van der Waals surface area contributed by atoms with E-state index >= 15 is 0 Å². The van der Waals surface area contributed by atoms with Crippen LogP contribution in [0.4, 0.5) is 0 Å². The molecule has 0 amide bonds. The lowest BCUT2D eigenvalue weighted by atomic mass is 10.2. The van der Waals surface area contributed by atoms with Crippen molar-refractivity contribution in [3.05, 3.63) is 23.5 Å². The van der Waals surface area contributed by atoms with E-state index in [0.29, 0.717) is 13.1 Å². The molecule has 21 heavy (non-hydrogen) atoms. The number of nitrogens with zero attached hydrogens (tertiary/aromatic N) is 3. The van der Waals surface area contributed by atoms with Gasteiger partial charge in [0.25, 0.3) is 0 Å². The van der Waals surface area contributed by atoms with E-state index in [9.17, 15) is 8.42 Å². The molecule has 1 heterocycles. The number of hydrogen-bond acceptors (Lipinski definition) is 4. The largest absolute Gasteiger partial charge is 0.308 e. The van der Waals surface area contributed by atoms with E-state index in [1.165, 1.54) is 12.3 Å². The smallest absolute Gasteiger partial charge is 0.246 e. The molecule has 2 rings (SSSR count). The van der Waals surface area contributed by atoms with E-state index in [-0.39, 0.29) is 16.1 Å². The fourth-order valence-corrected chi connectivity index (χ4v) is 4.79. The molecule has 0 N–H and O–H groups in total. The summed E-state index contributed by atoms with van der Waals surface area (Å²) in [7, 11) is 0.283. The Morgan fingerprint density at radius 1 is 1.29 bits per heavy atom. The van der Waals surface area contributed by atoms with Crippen LogP contribution in [-0.2, 0) is 10.0 Å². The topological polar surface area (TPSA) is 53.5 Å². The Hall–Kier alpha value is -0.690. The summed E-state index contributed by atoms with van der Waals surface area (Å²) in [6.45, 7) is 1.17. The van der Waals surface area contributed by atoms with Crippen LogP contribution in [0.5, 0.6) is 0 Å². The van der Waals surface area contributed by atoms with Gasteiger partial charge in [-0.2, -0.15) is 4.31 Å². The first-order chi connectivity index (χ1) is 9.93. The lowest BCUT2D eigenvalue weighted by Crippen LogP contribution is -2.42. The van der Waals surface area contributed by atoms with Crippen molar-refractivity contribution < 1.29 is 8.42 Å². The highest BCUT2D eigenvalue weighted by atomic mass is 35.5. The second-order valence-electron chi connectivity index (χ2n) is 5.65. The third kappa shape index (κ3) is 3.94. The van der Waals surface area contributed by atoms with Gasteiger partial charge in [-0.15, -0.1) is 0 Å². The lowest BCUT2D eigenvalue weighted by Gasteiger charge is -2.29. The van der Waals surface area contributed by atoms with Crippen molar-refractivity contribution in [2.24, 2.45) is 0 Å². The summed E-state index contributed by atoms with van der Waals surface area (Å²) in [5.74, 6) is 0. The van der Waals surface area contributed by atoms with Crippen LogP contribution in [0.25, 0.3) is 0 Å². The van der Waals surface area contributed by atoms with Crippen molar-refractivity contribution in [3.8, 4) is 0 Å². The number of rotatable bonds is 6. The van der Waals surface area contributed by atoms with E-state index < -0.39 is 10.0 Å². The van der Waals surface area contributed by atoms with Crippen molar-refractivity contribution in [2.45, 2.75) is 36.6 Å². The summed E-state index contributed by atoms with van der Waals surface area (Å²) in [6, 6.07) is 3.21. The van der Waals surface area contributed by atoms with E-state index in [4.69, 9.17) is 11.6 Å². The first-order valence-corrected chi connectivity index (χ1v) is 9.02. The SMILES string of the molecule is CN(C)CCN(C1CCCC1)S(=O)(=O)c1cccnc1Cl. The van der Waals surface area contributed by atoms with Crippen LogP contribution >= 0.6 is 11.6 Å². The summed E-state index contributed by atoms with van der Waals surface area (Å²) < 4.78 is 27.5. The fraction of sp³-hybridized carbons (Fsp3) is 0.643. The summed E-state index contributed by atoms with van der Waals surface area (Å²) in [4.78, 5) is 6.00. The van der Waals surface area contributed by atoms with Gasteiger partial charge in [0, 0.05) is 25.3 Å². The normalized spacial score (nSPS) is 17.0. The Labute approximate surface area is 132 Å². The summed E-state index contributed by atoms with van der Waals surface area (Å²) in [6.07, 6.45) is 5.51. The maximum absolute atomic E-state index is 12.9. The zero-order chi connectivity index (χ0) is 15.5. The van der Waals surface area contributed by atoms with Crippen LogP contribution in [0.15, 0.2) is 23.2 Å². The van der Waals surface area contributed by atoms with Crippen LogP contribution in [0.3, 0.4) is 0 Å². The minimum absolute atomic E-state index is 0.0466. The highest BCUT2D eigenvalue weighted by molar-refractivity contribution is 7.89. The van der Waals surface area contributed by atoms with Crippen molar-refractivity contribution in [2.75, 3.05) is 27.2 Å². The zero-order valence-electron chi connectivity index (χ0n) is 12.5. The van der Waals surface area contributed by atoms with Crippen molar-refractivity contribution >= 4 is 21.6 Å². The highest BCUT2D eigenvalue weighted by Gasteiger charge is 2.34. The van der Waals surface area contributed by atoms with Crippen molar-refractivity contribution in [3.63, 3.8) is 0 Å². The minimum atomic E-state index is -3.60. The molecule has 0 saturated heterocycles. The van der Waals surface area contributed by atoms with Gasteiger partial charge >= 0.3 is 0 Å². The molecular weight excluding hydrogens is 310 g/mol. The monoisotopic (exact) mass is 331 g/mol. The predicted octanol–water partition coefficient (Wildman–Crippen LogP) is 2.23. The molecule has 0 spiro atoms. The van der Waals surface area contributed by atoms with Gasteiger partial charge in [-0.3, -0.25) is 0 Å². The third-order valence-corrected chi connectivity index (χ3v) is 6.21. The van der Waals surface area contributed by atoms with Gasteiger partial charge in [-0.25, -0.2) is 13.4 Å². The number of halogens is 1. The third-order valence-electron chi connectivity index (χ3n) is 3.81. The summed E-state index contributed by atoms with van der Waals surface area (Å²) in [5, 5.41) is 0.0466.